The van der Waals surface area contributed by atoms with Gasteiger partial charge in [0.25, 0.3) is 0 Å². The van der Waals surface area contributed by atoms with Crippen LogP contribution in [-0.4, -0.2) is 22.1 Å². The van der Waals surface area contributed by atoms with E-state index in [1.54, 1.807) is 24.3 Å². The normalized spacial score (nSPS) is 12.3. The maximum atomic E-state index is 10.5. The van der Waals surface area contributed by atoms with Crippen molar-refractivity contribution in [3.05, 3.63) is 46.1 Å². The van der Waals surface area contributed by atoms with Crippen LogP contribution in [0.25, 0.3) is 6.08 Å². The molecule has 0 radical (unpaired) electrons. The third-order valence-electron chi connectivity index (χ3n) is 1.93. The van der Waals surface area contributed by atoms with Gasteiger partial charge in [0.05, 0.1) is 4.92 Å². The smallest absolute Gasteiger partial charge is 0.344 e. The fourth-order valence-electron chi connectivity index (χ4n) is 1.06. The summed E-state index contributed by atoms with van der Waals surface area (Å²) in [5.41, 5.74) is 0.636. The molecule has 0 saturated carbocycles. The van der Waals surface area contributed by atoms with Crippen molar-refractivity contribution in [2.45, 2.75) is 13.0 Å². The van der Waals surface area contributed by atoms with E-state index in [4.69, 9.17) is 9.84 Å². The van der Waals surface area contributed by atoms with E-state index >= 15 is 0 Å². The van der Waals surface area contributed by atoms with Gasteiger partial charge in [0.15, 0.2) is 6.10 Å². The molecular formula is C11H11NO5. The minimum absolute atomic E-state index is 0.401. The maximum Gasteiger partial charge on any atom is 0.344 e. The zero-order chi connectivity index (χ0) is 12.8. The summed E-state index contributed by atoms with van der Waals surface area (Å²) >= 11 is 0. The number of ether oxygens (including phenoxy) is 1. The Hall–Kier alpha value is -2.37. The minimum Gasteiger partial charge on any atom is -0.479 e. The van der Waals surface area contributed by atoms with Gasteiger partial charge in [0, 0.05) is 6.08 Å². The molecule has 0 fully saturated rings. The highest BCUT2D eigenvalue weighted by Gasteiger charge is 2.11. The third-order valence-corrected chi connectivity index (χ3v) is 1.93. The summed E-state index contributed by atoms with van der Waals surface area (Å²) in [6.07, 6.45) is 1.23. The molecule has 90 valence electrons. The van der Waals surface area contributed by atoms with E-state index in [9.17, 15) is 14.9 Å². The van der Waals surface area contributed by atoms with E-state index in [0.717, 1.165) is 6.20 Å². The second kappa shape index (κ2) is 5.64. The van der Waals surface area contributed by atoms with E-state index in [1.165, 1.54) is 13.0 Å². The van der Waals surface area contributed by atoms with Crippen LogP contribution < -0.4 is 4.74 Å². The molecule has 0 bridgehead atoms. The van der Waals surface area contributed by atoms with E-state index in [0.29, 0.717) is 11.3 Å². The Morgan fingerprint density at radius 2 is 2.06 bits per heavy atom. The standard InChI is InChI=1S/C11H11NO5/c1-8(11(13)14)17-10-4-2-9(3-5-10)6-7-12(15)16/h2-8H,1H3,(H,13,14)/b7-6+/t8-/m0/s1. The molecule has 0 aliphatic heterocycles. The molecule has 0 aliphatic rings. The van der Waals surface area contributed by atoms with Gasteiger partial charge in [-0.3, -0.25) is 10.1 Å². The molecule has 1 aromatic carbocycles. The second-order valence-corrected chi connectivity index (χ2v) is 3.27. The Kier molecular flexibility index (Phi) is 4.21. The van der Waals surface area contributed by atoms with Crippen LogP contribution in [0.3, 0.4) is 0 Å². The highest BCUT2D eigenvalue weighted by Crippen LogP contribution is 2.14. The van der Waals surface area contributed by atoms with Gasteiger partial charge in [0.2, 0.25) is 6.20 Å². The highest BCUT2D eigenvalue weighted by atomic mass is 16.6. The number of hydrogen-bond acceptors (Lipinski definition) is 4. The molecule has 6 nitrogen and oxygen atoms in total. The maximum absolute atomic E-state index is 10.5. The zero-order valence-electron chi connectivity index (χ0n) is 9.07. The van der Waals surface area contributed by atoms with Crippen LogP contribution in [0.2, 0.25) is 0 Å². The first-order chi connectivity index (χ1) is 7.99. The van der Waals surface area contributed by atoms with Gasteiger partial charge < -0.3 is 9.84 Å². The van der Waals surface area contributed by atoms with Crippen LogP contribution >= 0.6 is 0 Å². The Labute approximate surface area is 97.3 Å². The van der Waals surface area contributed by atoms with Gasteiger partial charge in [-0.15, -0.1) is 0 Å². The van der Waals surface area contributed by atoms with Crippen molar-refractivity contribution in [3.8, 4) is 5.75 Å². The lowest BCUT2D eigenvalue weighted by Gasteiger charge is -2.09. The minimum atomic E-state index is -1.05. The molecule has 1 atom stereocenters. The van der Waals surface area contributed by atoms with E-state index in [-0.39, 0.29) is 0 Å². The van der Waals surface area contributed by atoms with E-state index in [1.807, 2.05) is 0 Å². The molecule has 1 aromatic rings. The summed E-state index contributed by atoms with van der Waals surface area (Å²) in [5, 5.41) is 18.7. The molecule has 0 spiro atoms. The summed E-state index contributed by atoms with van der Waals surface area (Å²) in [6, 6.07) is 6.31. The number of benzene rings is 1. The van der Waals surface area contributed by atoms with Crippen LogP contribution in [0.15, 0.2) is 30.5 Å². The van der Waals surface area contributed by atoms with Gasteiger partial charge in [-0.05, 0) is 24.6 Å². The monoisotopic (exact) mass is 237 g/mol. The quantitative estimate of drug-likeness (QED) is 0.622. The van der Waals surface area contributed by atoms with Crippen molar-refractivity contribution in [3.63, 3.8) is 0 Å². The molecule has 17 heavy (non-hydrogen) atoms. The Bertz CT molecular complexity index is 438. The number of rotatable bonds is 5. The number of aliphatic carboxylic acids is 1. The highest BCUT2D eigenvalue weighted by molar-refractivity contribution is 5.72. The van der Waals surface area contributed by atoms with Gasteiger partial charge in [-0.1, -0.05) is 12.1 Å². The first-order valence-corrected chi connectivity index (χ1v) is 4.80. The van der Waals surface area contributed by atoms with Crippen molar-refractivity contribution in [1.29, 1.82) is 0 Å². The summed E-state index contributed by atoms with van der Waals surface area (Å²) in [6.45, 7) is 1.42. The van der Waals surface area contributed by atoms with Crippen molar-refractivity contribution in [2.75, 3.05) is 0 Å². The average molecular weight is 237 g/mol. The van der Waals surface area contributed by atoms with E-state index in [2.05, 4.69) is 0 Å². The molecule has 0 saturated heterocycles. The summed E-state index contributed by atoms with van der Waals surface area (Å²) in [5.74, 6) is -0.652. The molecule has 0 aliphatic carbocycles. The summed E-state index contributed by atoms with van der Waals surface area (Å²) in [7, 11) is 0. The first kappa shape index (κ1) is 12.7. The van der Waals surface area contributed by atoms with Crippen LogP contribution in [0.5, 0.6) is 5.75 Å². The Morgan fingerprint density at radius 1 is 1.47 bits per heavy atom. The predicted octanol–water partition coefficient (Wildman–Crippen LogP) is 1.79. The number of carboxylic acid groups (broad SMARTS) is 1. The third kappa shape index (κ3) is 4.33. The average Bonchev–Trinajstić information content (AvgIpc) is 2.28. The number of nitrogens with zero attached hydrogens (tertiary/aromatic N) is 1. The van der Waals surface area contributed by atoms with Crippen LogP contribution in [-0.2, 0) is 4.79 Å². The molecule has 0 aromatic heterocycles. The van der Waals surface area contributed by atoms with Crippen molar-refractivity contribution < 1.29 is 19.6 Å². The van der Waals surface area contributed by atoms with Crippen LogP contribution in [0, 0.1) is 10.1 Å². The number of nitro groups is 1. The fraction of sp³-hybridized carbons (Fsp3) is 0.182. The predicted molar refractivity (Wildman–Crippen MR) is 60.2 cm³/mol. The number of carboxylic acids is 1. The topological polar surface area (TPSA) is 89.7 Å². The van der Waals surface area contributed by atoms with Crippen molar-refractivity contribution in [1.82, 2.24) is 0 Å². The van der Waals surface area contributed by atoms with Gasteiger partial charge in [0.1, 0.15) is 5.75 Å². The Morgan fingerprint density at radius 3 is 2.53 bits per heavy atom. The SMILES string of the molecule is C[C@H](Oc1ccc(/C=C/[N+](=O)[O-])cc1)C(=O)O. The largest absolute Gasteiger partial charge is 0.479 e. The molecule has 1 N–H and O–H groups in total. The first-order valence-electron chi connectivity index (χ1n) is 4.80. The van der Waals surface area contributed by atoms with Gasteiger partial charge in [-0.2, -0.15) is 0 Å². The molecule has 6 heteroatoms. The second-order valence-electron chi connectivity index (χ2n) is 3.27. The summed E-state index contributed by atoms with van der Waals surface area (Å²) < 4.78 is 5.10. The van der Waals surface area contributed by atoms with Crippen molar-refractivity contribution >= 4 is 12.0 Å². The molecule has 0 unspecified atom stereocenters. The van der Waals surface area contributed by atoms with E-state index < -0.39 is 17.0 Å². The fourth-order valence-corrected chi connectivity index (χ4v) is 1.06. The molecular weight excluding hydrogens is 226 g/mol. The van der Waals surface area contributed by atoms with Crippen LogP contribution in [0.1, 0.15) is 12.5 Å². The zero-order valence-corrected chi connectivity index (χ0v) is 9.07. The summed E-state index contributed by atoms with van der Waals surface area (Å²) in [4.78, 5) is 20.1. The lowest BCUT2D eigenvalue weighted by atomic mass is 10.2. The lowest BCUT2D eigenvalue weighted by Crippen LogP contribution is -2.22. The number of hydrogen-bond donors (Lipinski definition) is 1. The van der Waals surface area contributed by atoms with Gasteiger partial charge >= 0.3 is 5.97 Å². The Balaban J connectivity index is 2.68. The molecule has 1 rings (SSSR count). The molecule has 0 amide bonds. The van der Waals surface area contributed by atoms with Gasteiger partial charge in [-0.25, -0.2) is 4.79 Å². The van der Waals surface area contributed by atoms with Crippen molar-refractivity contribution in [2.24, 2.45) is 0 Å². The molecule has 0 heterocycles. The van der Waals surface area contributed by atoms with Crippen LogP contribution in [0.4, 0.5) is 0 Å². The number of carbonyl (C=O) groups is 1. The lowest BCUT2D eigenvalue weighted by molar-refractivity contribution is -0.400.